The maximum Gasteiger partial charge on any atom is 0.343 e. The number of rotatable bonds is 7. The Balaban J connectivity index is 5.04. The van der Waals surface area contributed by atoms with Gasteiger partial charge in [0, 0.05) is 0 Å². The van der Waals surface area contributed by atoms with Crippen molar-refractivity contribution in [3.8, 4) is 0 Å². The molecule has 1 amide bonds. The van der Waals surface area contributed by atoms with Gasteiger partial charge in [0.05, 0.1) is 13.2 Å². The molecule has 6 heteroatoms. The van der Waals surface area contributed by atoms with Gasteiger partial charge in [-0.05, 0) is 20.3 Å². The second kappa shape index (κ2) is 6.81. The van der Waals surface area contributed by atoms with Crippen molar-refractivity contribution in [2.45, 2.75) is 32.7 Å². The van der Waals surface area contributed by atoms with E-state index in [-0.39, 0.29) is 19.6 Å². The Labute approximate surface area is 94.3 Å². The first-order chi connectivity index (χ1) is 7.58. The van der Waals surface area contributed by atoms with Gasteiger partial charge in [0.15, 0.2) is 0 Å². The molecule has 0 aromatic carbocycles. The van der Waals surface area contributed by atoms with Gasteiger partial charge in [0.2, 0.25) is 5.54 Å². The lowest BCUT2D eigenvalue weighted by Crippen LogP contribution is -2.58. The van der Waals surface area contributed by atoms with Crippen molar-refractivity contribution in [3.05, 3.63) is 0 Å². The molecule has 6 nitrogen and oxygen atoms in total. The predicted molar refractivity (Wildman–Crippen MR) is 55.1 cm³/mol. The highest BCUT2D eigenvalue weighted by Crippen LogP contribution is 2.14. The van der Waals surface area contributed by atoms with Gasteiger partial charge in [-0.2, -0.15) is 0 Å². The van der Waals surface area contributed by atoms with Crippen molar-refractivity contribution in [2.24, 2.45) is 0 Å². The van der Waals surface area contributed by atoms with Gasteiger partial charge in [-0.25, -0.2) is 9.59 Å². The van der Waals surface area contributed by atoms with Crippen LogP contribution in [0.5, 0.6) is 0 Å². The third kappa shape index (κ3) is 2.95. The molecular weight excluding hydrogens is 214 g/mol. The first-order valence-electron chi connectivity index (χ1n) is 5.07. The van der Waals surface area contributed by atoms with Crippen molar-refractivity contribution in [1.29, 1.82) is 0 Å². The van der Waals surface area contributed by atoms with E-state index >= 15 is 0 Å². The highest BCUT2D eigenvalue weighted by Gasteiger charge is 2.47. The number of carbonyl (C=O) groups excluding carboxylic acids is 3. The highest BCUT2D eigenvalue weighted by atomic mass is 16.6. The summed E-state index contributed by atoms with van der Waals surface area (Å²) in [5, 5.41) is 2.06. The van der Waals surface area contributed by atoms with E-state index in [0.717, 1.165) is 0 Å². The number of hydrogen-bond donors (Lipinski definition) is 1. The Kier molecular flexibility index (Phi) is 6.14. The summed E-state index contributed by atoms with van der Waals surface area (Å²) in [6.07, 6.45) is 1.38. The second-order valence-electron chi connectivity index (χ2n) is 2.93. The van der Waals surface area contributed by atoms with Crippen LogP contribution in [0.4, 0.5) is 0 Å². The van der Waals surface area contributed by atoms with E-state index < -0.39 is 17.5 Å². The van der Waals surface area contributed by atoms with Crippen LogP contribution in [0.15, 0.2) is 0 Å². The third-order valence-corrected chi connectivity index (χ3v) is 2.04. The van der Waals surface area contributed by atoms with Gasteiger partial charge >= 0.3 is 18.3 Å². The van der Waals surface area contributed by atoms with E-state index in [1.165, 1.54) is 6.41 Å². The van der Waals surface area contributed by atoms with Crippen molar-refractivity contribution in [1.82, 2.24) is 5.32 Å². The maximum atomic E-state index is 11.6. The summed E-state index contributed by atoms with van der Waals surface area (Å²) in [4.78, 5) is 33.6. The Morgan fingerprint density at radius 3 is 1.81 bits per heavy atom. The topological polar surface area (TPSA) is 81.7 Å². The lowest BCUT2D eigenvalue weighted by Gasteiger charge is -2.26. The van der Waals surface area contributed by atoms with E-state index in [4.69, 9.17) is 9.47 Å². The van der Waals surface area contributed by atoms with Crippen LogP contribution < -0.4 is 5.32 Å². The van der Waals surface area contributed by atoms with Crippen LogP contribution in [-0.4, -0.2) is 37.1 Å². The zero-order valence-corrected chi connectivity index (χ0v) is 9.66. The lowest BCUT2D eigenvalue weighted by molar-refractivity contribution is -0.165. The molecule has 0 spiro atoms. The Hall–Kier alpha value is -1.59. The van der Waals surface area contributed by atoms with Crippen LogP contribution in [0.3, 0.4) is 0 Å². The third-order valence-electron chi connectivity index (χ3n) is 2.04. The summed E-state index contributed by atoms with van der Waals surface area (Å²) >= 11 is 0. The first kappa shape index (κ1) is 14.4. The minimum absolute atomic E-state index is 0.0416. The zero-order valence-electron chi connectivity index (χ0n) is 9.66. The average Bonchev–Trinajstić information content (AvgIpc) is 2.26. The van der Waals surface area contributed by atoms with Gasteiger partial charge in [-0.1, -0.05) is 6.92 Å². The van der Waals surface area contributed by atoms with Crippen molar-refractivity contribution in [2.75, 3.05) is 13.2 Å². The van der Waals surface area contributed by atoms with E-state index in [1.807, 2.05) is 0 Å². The second-order valence-corrected chi connectivity index (χ2v) is 2.93. The molecule has 0 heterocycles. The van der Waals surface area contributed by atoms with Gasteiger partial charge in [-0.15, -0.1) is 0 Å². The van der Waals surface area contributed by atoms with Gasteiger partial charge in [0.1, 0.15) is 0 Å². The van der Waals surface area contributed by atoms with E-state index in [9.17, 15) is 14.4 Å². The average molecular weight is 230 g/mol. The van der Waals surface area contributed by atoms with E-state index in [2.05, 4.69) is 5.32 Å². The largest absolute Gasteiger partial charge is 0.464 e. The molecule has 0 saturated carbocycles. The Morgan fingerprint density at radius 1 is 1.12 bits per heavy atom. The minimum atomic E-state index is -1.78. The van der Waals surface area contributed by atoms with Crippen LogP contribution in [0.2, 0.25) is 0 Å². The molecule has 0 aliphatic heterocycles. The van der Waals surface area contributed by atoms with Gasteiger partial charge in [-0.3, -0.25) is 4.79 Å². The summed E-state index contributed by atoms with van der Waals surface area (Å²) in [6, 6.07) is 0. The van der Waals surface area contributed by atoms with Crippen LogP contribution in [0.25, 0.3) is 0 Å². The van der Waals surface area contributed by atoms with E-state index in [0.29, 0.717) is 0 Å². The number of carbonyl (C=O) groups is 2. The predicted octanol–water partition coefficient (Wildman–Crippen LogP) is -0.0818. The fourth-order valence-corrected chi connectivity index (χ4v) is 1.16. The normalized spacial score (nSPS) is 10.4. The standard InChI is InChI=1S/C10H16NO5/c1-4-10(11-7-12,8(13)15-5-2)9(14)16-6-3/h4-6H2,1-3H3,(H,11,12). The molecule has 0 fully saturated rings. The number of hydrogen-bond acceptors (Lipinski definition) is 5. The summed E-state index contributed by atoms with van der Waals surface area (Å²) in [5.41, 5.74) is -1.78. The molecular formula is C10H16NO5. The van der Waals surface area contributed by atoms with Crippen LogP contribution in [0, 0.1) is 0 Å². The summed E-state index contributed by atoms with van der Waals surface area (Å²) in [7, 11) is 0. The highest BCUT2D eigenvalue weighted by molar-refractivity contribution is 6.06. The molecule has 1 radical (unpaired) electrons. The number of nitrogens with one attached hydrogen (secondary N) is 1. The molecule has 0 unspecified atom stereocenters. The minimum Gasteiger partial charge on any atom is -0.464 e. The fourth-order valence-electron chi connectivity index (χ4n) is 1.16. The van der Waals surface area contributed by atoms with Crippen LogP contribution in [0.1, 0.15) is 27.2 Å². The zero-order chi connectivity index (χ0) is 12.6. The van der Waals surface area contributed by atoms with Crippen molar-refractivity contribution < 1.29 is 23.9 Å². The molecule has 16 heavy (non-hydrogen) atoms. The monoisotopic (exact) mass is 230 g/mol. The van der Waals surface area contributed by atoms with Gasteiger partial charge < -0.3 is 14.8 Å². The van der Waals surface area contributed by atoms with Crippen LogP contribution >= 0.6 is 0 Å². The van der Waals surface area contributed by atoms with Gasteiger partial charge in [0.25, 0.3) is 0 Å². The molecule has 0 aliphatic rings. The number of amides is 1. The molecule has 0 aromatic rings. The summed E-state index contributed by atoms with van der Waals surface area (Å²) in [6.45, 7) is 5.00. The maximum absolute atomic E-state index is 11.6. The van der Waals surface area contributed by atoms with Crippen molar-refractivity contribution in [3.63, 3.8) is 0 Å². The fraction of sp³-hybridized carbons (Fsp3) is 0.700. The van der Waals surface area contributed by atoms with Crippen LogP contribution in [-0.2, 0) is 23.9 Å². The van der Waals surface area contributed by atoms with E-state index in [1.54, 1.807) is 20.8 Å². The molecule has 0 aliphatic carbocycles. The first-order valence-corrected chi connectivity index (χ1v) is 5.07. The molecule has 0 rings (SSSR count). The molecule has 0 atom stereocenters. The molecule has 0 aromatic heterocycles. The lowest BCUT2D eigenvalue weighted by atomic mass is 9.96. The molecule has 1 N–H and O–H groups in total. The number of esters is 2. The summed E-state index contributed by atoms with van der Waals surface area (Å²) in [5.74, 6) is -1.67. The quantitative estimate of drug-likeness (QED) is 0.376. The van der Waals surface area contributed by atoms with Crippen molar-refractivity contribution >= 4 is 18.3 Å². The Morgan fingerprint density at radius 2 is 1.56 bits per heavy atom. The summed E-state index contributed by atoms with van der Waals surface area (Å²) < 4.78 is 9.47. The molecule has 0 bridgehead atoms. The molecule has 91 valence electrons. The number of ether oxygens (including phenoxy) is 2. The smallest absolute Gasteiger partial charge is 0.343 e. The SMILES string of the molecule is CCOC(=O)C(CC)(N[C]=O)C(=O)OCC. The Bertz CT molecular complexity index is 246. The molecule has 0 saturated heterocycles.